The van der Waals surface area contributed by atoms with Crippen molar-refractivity contribution in [1.82, 2.24) is 4.90 Å². The quantitative estimate of drug-likeness (QED) is 0.919. The van der Waals surface area contributed by atoms with E-state index in [0.717, 1.165) is 42.8 Å². The summed E-state index contributed by atoms with van der Waals surface area (Å²) in [7, 11) is 0. The molecule has 3 nitrogen and oxygen atoms in total. The zero-order valence-electron chi connectivity index (χ0n) is 10.9. The van der Waals surface area contributed by atoms with Gasteiger partial charge in [0.1, 0.15) is 0 Å². The second-order valence-corrected chi connectivity index (χ2v) is 6.49. The summed E-state index contributed by atoms with van der Waals surface area (Å²) in [5.74, 6) is 0. The van der Waals surface area contributed by atoms with Crippen molar-refractivity contribution in [2.24, 2.45) is 0 Å². The van der Waals surface area contributed by atoms with Crippen LogP contribution in [0.2, 0.25) is 0 Å². The summed E-state index contributed by atoms with van der Waals surface area (Å²) in [5, 5.41) is 14.8. The topological polar surface area (TPSA) is 32.7 Å². The number of nitrogens with zero attached hydrogens (tertiary/aromatic N) is 1. The molecule has 2 atom stereocenters. The predicted molar refractivity (Wildman–Crippen MR) is 78.1 cm³/mol. The van der Waals surface area contributed by atoms with Crippen molar-refractivity contribution in [3.63, 3.8) is 0 Å². The van der Waals surface area contributed by atoms with Crippen LogP contribution < -0.4 is 0 Å². The molecule has 2 unspecified atom stereocenters. The SMILES string of the molecule is CCC(C)(C(O)c1cscc1Br)N1CCOCC1. The van der Waals surface area contributed by atoms with Crippen LogP contribution >= 0.6 is 27.3 Å². The number of aliphatic hydroxyl groups is 1. The fraction of sp³-hybridized carbons (Fsp3) is 0.692. The van der Waals surface area contributed by atoms with Crippen LogP contribution in [0, 0.1) is 0 Å². The van der Waals surface area contributed by atoms with Crippen LogP contribution in [-0.4, -0.2) is 41.8 Å². The molecule has 1 aromatic rings. The van der Waals surface area contributed by atoms with Gasteiger partial charge in [0.2, 0.25) is 0 Å². The Hall–Kier alpha value is 0.0600. The molecular weight excluding hydrogens is 314 g/mol. The lowest BCUT2D eigenvalue weighted by molar-refractivity contribution is -0.0735. The Balaban J connectivity index is 2.22. The van der Waals surface area contributed by atoms with Gasteiger partial charge in [-0.15, -0.1) is 0 Å². The lowest BCUT2D eigenvalue weighted by Crippen LogP contribution is -2.54. The van der Waals surface area contributed by atoms with E-state index in [-0.39, 0.29) is 5.54 Å². The Morgan fingerprint density at radius 1 is 1.50 bits per heavy atom. The van der Waals surface area contributed by atoms with Crippen molar-refractivity contribution in [2.75, 3.05) is 26.3 Å². The summed E-state index contributed by atoms with van der Waals surface area (Å²) in [6.45, 7) is 7.58. The summed E-state index contributed by atoms with van der Waals surface area (Å²) < 4.78 is 6.41. The molecule has 5 heteroatoms. The molecule has 1 N–H and O–H groups in total. The summed E-state index contributed by atoms with van der Waals surface area (Å²) in [4.78, 5) is 2.35. The van der Waals surface area contributed by atoms with Gasteiger partial charge in [0.05, 0.1) is 19.3 Å². The minimum atomic E-state index is -0.471. The van der Waals surface area contributed by atoms with Gasteiger partial charge in [-0.25, -0.2) is 0 Å². The largest absolute Gasteiger partial charge is 0.386 e. The Morgan fingerprint density at radius 2 is 2.17 bits per heavy atom. The van der Waals surface area contributed by atoms with E-state index in [1.54, 1.807) is 11.3 Å². The van der Waals surface area contributed by atoms with Crippen LogP contribution in [0.25, 0.3) is 0 Å². The molecule has 1 aromatic heterocycles. The number of rotatable bonds is 4. The lowest BCUT2D eigenvalue weighted by Gasteiger charge is -2.45. The molecule has 2 rings (SSSR count). The average molecular weight is 334 g/mol. The lowest BCUT2D eigenvalue weighted by atomic mass is 9.86. The number of halogens is 1. The Morgan fingerprint density at radius 3 is 2.67 bits per heavy atom. The predicted octanol–water partition coefficient (Wildman–Crippen LogP) is 3.04. The van der Waals surface area contributed by atoms with Crippen molar-refractivity contribution in [3.8, 4) is 0 Å². The van der Waals surface area contributed by atoms with Gasteiger partial charge in [-0.1, -0.05) is 6.92 Å². The monoisotopic (exact) mass is 333 g/mol. The highest BCUT2D eigenvalue weighted by Crippen LogP contribution is 2.39. The molecule has 1 saturated heterocycles. The molecule has 102 valence electrons. The molecule has 0 amide bonds. The summed E-state index contributed by atoms with van der Waals surface area (Å²) in [5.41, 5.74) is 0.767. The van der Waals surface area contributed by atoms with Crippen LogP contribution in [0.15, 0.2) is 15.2 Å². The Kier molecular flexibility index (Phi) is 4.83. The maximum atomic E-state index is 10.8. The second-order valence-electron chi connectivity index (χ2n) is 4.89. The second kappa shape index (κ2) is 6.01. The number of ether oxygens (including phenoxy) is 1. The first-order chi connectivity index (χ1) is 8.59. The number of thiophene rings is 1. The summed E-state index contributed by atoms with van der Waals surface area (Å²) in [6, 6.07) is 0. The van der Waals surface area contributed by atoms with Crippen LogP contribution in [0.4, 0.5) is 0 Å². The molecule has 0 aliphatic carbocycles. The molecule has 0 spiro atoms. The van der Waals surface area contributed by atoms with E-state index in [1.165, 1.54) is 0 Å². The molecule has 0 radical (unpaired) electrons. The van der Waals surface area contributed by atoms with Crippen molar-refractivity contribution in [2.45, 2.75) is 31.9 Å². The van der Waals surface area contributed by atoms with Gasteiger partial charge < -0.3 is 9.84 Å². The number of morpholine rings is 1. The third kappa shape index (κ3) is 2.65. The van der Waals surface area contributed by atoms with Crippen molar-refractivity contribution in [1.29, 1.82) is 0 Å². The molecule has 1 fully saturated rings. The van der Waals surface area contributed by atoms with Gasteiger partial charge in [0.25, 0.3) is 0 Å². The number of aliphatic hydroxyl groups excluding tert-OH is 1. The van der Waals surface area contributed by atoms with Gasteiger partial charge in [-0.2, -0.15) is 11.3 Å². The Bertz CT molecular complexity index is 392. The van der Waals surface area contributed by atoms with E-state index in [0.29, 0.717) is 0 Å². The fourth-order valence-corrected chi connectivity index (χ4v) is 4.02. The molecule has 1 aliphatic heterocycles. The van der Waals surface area contributed by atoms with Crippen molar-refractivity contribution < 1.29 is 9.84 Å². The molecular formula is C13H20BrNO2S. The first-order valence-corrected chi connectivity index (χ1v) is 8.05. The number of hydrogen-bond acceptors (Lipinski definition) is 4. The highest BCUT2D eigenvalue weighted by molar-refractivity contribution is 9.10. The standard InChI is InChI=1S/C13H20BrNO2S/c1-3-13(2,15-4-6-17-7-5-15)12(16)10-8-18-9-11(10)14/h8-9,12,16H,3-7H2,1-2H3. The van der Waals surface area contributed by atoms with E-state index in [9.17, 15) is 5.11 Å². The first kappa shape index (κ1) is 14.5. The highest BCUT2D eigenvalue weighted by atomic mass is 79.9. The van der Waals surface area contributed by atoms with Crippen molar-refractivity contribution >= 4 is 27.3 Å². The molecule has 0 saturated carbocycles. The zero-order valence-corrected chi connectivity index (χ0v) is 13.3. The summed E-state index contributed by atoms with van der Waals surface area (Å²) in [6.07, 6.45) is 0.442. The average Bonchev–Trinajstić information content (AvgIpc) is 2.84. The van der Waals surface area contributed by atoms with Crippen LogP contribution in [-0.2, 0) is 4.74 Å². The fourth-order valence-electron chi connectivity index (χ4n) is 2.49. The summed E-state index contributed by atoms with van der Waals surface area (Å²) >= 11 is 5.14. The maximum Gasteiger partial charge on any atom is 0.0989 e. The molecule has 1 aliphatic rings. The number of hydrogen-bond donors (Lipinski definition) is 1. The first-order valence-electron chi connectivity index (χ1n) is 6.32. The maximum absolute atomic E-state index is 10.8. The van der Waals surface area contributed by atoms with E-state index < -0.39 is 6.10 Å². The van der Waals surface area contributed by atoms with Gasteiger partial charge in [0, 0.05) is 34.0 Å². The Labute approximate surface area is 121 Å². The van der Waals surface area contributed by atoms with Gasteiger partial charge >= 0.3 is 0 Å². The highest BCUT2D eigenvalue weighted by Gasteiger charge is 2.39. The van der Waals surface area contributed by atoms with E-state index in [2.05, 4.69) is 34.7 Å². The van der Waals surface area contributed by atoms with Crippen LogP contribution in [0.1, 0.15) is 31.9 Å². The van der Waals surface area contributed by atoms with Gasteiger partial charge in [-0.3, -0.25) is 4.90 Å². The molecule has 0 aromatic carbocycles. The zero-order chi connectivity index (χ0) is 13.2. The van der Waals surface area contributed by atoms with E-state index in [4.69, 9.17) is 4.74 Å². The van der Waals surface area contributed by atoms with E-state index in [1.807, 2.05) is 10.8 Å². The minimum absolute atomic E-state index is 0.229. The normalized spacial score (nSPS) is 22.7. The smallest absolute Gasteiger partial charge is 0.0989 e. The molecule has 18 heavy (non-hydrogen) atoms. The van der Waals surface area contributed by atoms with Crippen LogP contribution in [0.3, 0.4) is 0 Å². The van der Waals surface area contributed by atoms with E-state index >= 15 is 0 Å². The van der Waals surface area contributed by atoms with Gasteiger partial charge in [0.15, 0.2) is 0 Å². The van der Waals surface area contributed by atoms with Crippen LogP contribution in [0.5, 0.6) is 0 Å². The van der Waals surface area contributed by atoms with Gasteiger partial charge in [-0.05, 0) is 34.7 Å². The third-order valence-electron chi connectivity index (χ3n) is 3.98. The minimum Gasteiger partial charge on any atom is -0.386 e. The molecule has 2 heterocycles. The van der Waals surface area contributed by atoms with Crippen molar-refractivity contribution in [3.05, 3.63) is 20.8 Å². The third-order valence-corrected chi connectivity index (χ3v) is 5.73. The molecule has 0 bridgehead atoms.